The summed E-state index contributed by atoms with van der Waals surface area (Å²) in [6.45, 7) is 8.62. The Morgan fingerprint density at radius 3 is 2.50 bits per heavy atom. The lowest BCUT2D eigenvalue weighted by Crippen LogP contribution is -2.42. The van der Waals surface area contributed by atoms with E-state index in [0.717, 1.165) is 6.42 Å². The highest BCUT2D eigenvalue weighted by atomic mass is 32.1. The Balaban J connectivity index is 2.49. The first kappa shape index (κ1) is 15.2. The van der Waals surface area contributed by atoms with Crippen LogP contribution in [0.15, 0.2) is 12.1 Å². The van der Waals surface area contributed by atoms with Crippen LogP contribution in [0.1, 0.15) is 30.5 Å². The number of carbonyl (C=O) groups is 1. The Bertz CT molecular complexity index is 387. The molecule has 18 heavy (non-hydrogen) atoms. The molecule has 1 aromatic rings. The molecule has 0 fully saturated rings. The topological polar surface area (TPSA) is 55.1 Å². The quantitative estimate of drug-likeness (QED) is 0.832. The predicted molar refractivity (Wildman–Crippen MR) is 77.7 cm³/mol. The van der Waals surface area contributed by atoms with Crippen molar-refractivity contribution in [2.45, 2.75) is 40.2 Å². The molecule has 0 bridgehead atoms. The van der Waals surface area contributed by atoms with E-state index in [4.69, 9.17) is 5.73 Å². The van der Waals surface area contributed by atoms with Gasteiger partial charge in [-0.05, 0) is 31.9 Å². The van der Waals surface area contributed by atoms with Gasteiger partial charge in [0.1, 0.15) is 0 Å². The van der Waals surface area contributed by atoms with Crippen molar-refractivity contribution in [3.63, 3.8) is 0 Å². The molecule has 3 nitrogen and oxygen atoms in total. The maximum atomic E-state index is 12.0. The van der Waals surface area contributed by atoms with Gasteiger partial charge in [-0.25, -0.2) is 0 Å². The van der Waals surface area contributed by atoms with Gasteiger partial charge in [-0.15, -0.1) is 11.3 Å². The SMILES string of the molecule is Cc1ccc(CC(C)NC(=O)C(CN)C(C)C)s1. The van der Waals surface area contributed by atoms with Crippen LogP contribution in [0.25, 0.3) is 0 Å². The second-order valence-corrected chi connectivity index (χ2v) is 6.58. The van der Waals surface area contributed by atoms with Gasteiger partial charge in [0.25, 0.3) is 0 Å². The highest BCUT2D eigenvalue weighted by Crippen LogP contribution is 2.17. The molecule has 1 aromatic heterocycles. The van der Waals surface area contributed by atoms with Crippen molar-refractivity contribution < 1.29 is 4.79 Å². The van der Waals surface area contributed by atoms with E-state index >= 15 is 0 Å². The van der Waals surface area contributed by atoms with Crippen LogP contribution in [0.5, 0.6) is 0 Å². The first-order valence-corrected chi connectivity index (χ1v) is 7.31. The van der Waals surface area contributed by atoms with E-state index in [1.807, 2.05) is 20.8 Å². The van der Waals surface area contributed by atoms with Crippen molar-refractivity contribution in [1.29, 1.82) is 0 Å². The van der Waals surface area contributed by atoms with E-state index in [0.29, 0.717) is 6.54 Å². The third kappa shape index (κ3) is 4.42. The van der Waals surface area contributed by atoms with E-state index in [2.05, 4.69) is 24.4 Å². The van der Waals surface area contributed by atoms with Gasteiger partial charge in [-0.1, -0.05) is 13.8 Å². The number of amides is 1. The minimum atomic E-state index is -0.0856. The number of nitrogens with one attached hydrogen (secondary N) is 1. The third-order valence-electron chi connectivity index (χ3n) is 3.09. The smallest absolute Gasteiger partial charge is 0.224 e. The number of rotatable bonds is 6. The summed E-state index contributed by atoms with van der Waals surface area (Å²) < 4.78 is 0. The van der Waals surface area contributed by atoms with E-state index in [9.17, 15) is 4.79 Å². The highest BCUT2D eigenvalue weighted by molar-refractivity contribution is 7.11. The van der Waals surface area contributed by atoms with Gasteiger partial charge in [-0.3, -0.25) is 4.79 Å². The van der Waals surface area contributed by atoms with Crippen LogP contribution in [0, 0.1) is 18.8 Å². The van der Waals surface area contributed by atoms with Gasteiger partial charge in [0.2, 0.25) is 5.91 Å². The standard InChI is InChI=1S/C14H24N2OS/c1-9(2)13(8-15)14(17)16-10(3)7-12-6-5-11(4)18-12/h5-6,9-10,13H,7-8,15H2,1-4H3,(H,16,17). The first-order chi connectivity index (χ1) is 8.43. The molecule has 0 aliphatic heterocycles. The minimum absolute atomic E-state index is 0.0771. The van der Waals surface area contributed by atoms with E-state index < -0.39 is 0 Å². The number of aryl methyl sites for hydroxylation is 1. The average molecular weight is 268 g/mol. The van der Waals surface area contributed by atoms with E-state index in [-0.39, 0.29) is 23.8 Å². The third-order valence-corrected chi connectivity index (χ3v) is 4.11. The molecule has 0 aliphatic rings. The molecule has 2 unspecified atom stereocenters. The Morgan fingerprint density at radius 2 is 2.06 bits per heavy atom. The second kappa shape index (κ2) is 6.90. The van der Waals surface area contributed by atoms with E-state index in [1.54, 1.807) is 11.3 Å². The molecule has 0 aliphatic carbocycles. The van der Waals surface area contributed by atoms with Crippen LogP contribution in [0.3, 0.4) is 0 Å². The Labute approximate surface area is 114 Å². The molecule has 102 valence electrons. The fourth-order valence-electron chi connectivity index (χ4n) is 1.98. The van der Waals surface area contributed by atoms with Crippen LogP contribution in [0.4, 0.5) is 0 Å². The fraction of sp³-hybridized carbons (Fsp3) is 0.643. The number of hydrogen-bond donors (Lipinski definition) is 2. The Kier molecular flexibility index (Phi) is 5.82. The van der Waals surface area contributed by atoms with Crippen LogP contribution in [0.2, 0.25) is 0 Å². The van der Waals surface area contributed by atoms with Crippen molar-refractivity contribution in [2.24, 2.45) is 17.6 Å². The second-order valence-electron chi connectivity index (χ2n) is 5.21. The Morgan fingerprint density at radius 1 is 1.39 bits per heavy atom. The zero-order valence-corrected chi connectivity index (χ0v) is 12.5. The summed E-state index contributed by atoms with van der Waals surface area (Å²) in [6.07, 6.45) is 0.889. The zero-order valence-electron chi connectivity index (χ0n) is 11.7. The van der Waals surface area contributed by atoms with Crippen molar-refractivity contribution in [2.75, 3.05) is 6.54 Å². The largest absolute Gasteiger partial charge is 0.353 e. The lowest BCUT2D eigenvalue weighted by atomic mass is 9.95. The first-order valence-electron chi connectivity index (χ1n) is 6.49. The molecule has 3 N–H and O–H groups in total. The van der Waals surface area contributed by atoms with Gasteiger partial charge >= 0.3 is 0 Å². The number of nitrogens with two attached hydrogens (primary N) is 1. The molecule has 0 saturated carbocycles. The summed E-state index contributed by atoms with van der Waals surface area (Å²) in [4.78, 5) is 14.7. The summed E-state index contributed by atoms with van der Waals surface area (Å²) in [5, 5.41) is 3.06. The van der Waals surface area contributed by atoms with Crippen LogP contribution >= 0.6 is 11.3 Å². The van der Waals surface area contributed by atoms with Gasteiger partial charge in [0.15, 0.2) is 0 Å². The molecule has 0 aromatic carbocycles. The fourth-order valence-corrected chi connectivity index (χ4v) is 3.00. The summed E-state index contributed by atoms with van der Waals surface area (Å²) in [7, 11) is 0. The lowest BCUT2D eigenvalue weighted by Gasteiger charge is -2.21. The van der Waals surface area contributed by atoms with Crippen molar-refractivity contribution >= 4 is 17.2 Å². The van der Waals surface area contributed by atoms with Crippen molar-refractivity contribution in [1.82, 2.24) is 5.32 Å². The lowest BCUT2D eigenvalue weighted by molar-refractivity contribution is -0.126. The molecule has 1 amide bonds. The number of hydrogen-bond acceptors (Lipinski definition) is 3. The molecule has 1 heterocycles. The molecule has 0 saturated heterocycles. The van der Waals surface area contributed by atoms with Crippen LogP contribution in [-0.2, 0) is 11.2 Å². The molecular formula is C14H24N2OS. The molecular weight excluding hydrogens is 244 g/mol. The average Bonchev–Trinajstić information content (AvgIpc) is 2.63. The summed E-state index contributed by atoms with van der Waals surface area (Å²) in [6, 6.07) is 4.40. The van der Waals surface area contributed by atoms with Gasteiger partial charge in [0.05, 0.1) is 5.92 Å². The number of carbonyl (C=O) groups excluding carboxylic acids is 1. The normalized spacial score (nSPS) is 14.6. The van der Waals surface area contributed by atoms with Crippen molar-refractivity contribution in [3.8, 4) is 0 Å². The van der Waals surface area contributed by atoms with Crippen LogP contribution < -0.4 is 11.1 Å². The summed E-state index contributed by atoms with van der Waals surface area (Å²) in [5.74, 6) is 0.275. The molecule has 0 spiro atoms. The number of thiophene rings is 1. The molecule has 1 rings (SSSR count). The molecule has 2 atom stereocenters. The van der Waals surface area contributed by atoms with Crippen LogP contribution in [-0.4, -0.2) is 18.5 Å². The monoisotopic (exact) mass is 268 g/mol. The maximum Gasteiger partial charge on any atom is 0.224 e. The molecule has 4 heteroatoms. The highest BCUT2D eigenvalue weighted by Gasteiger charge is 2.21. The van der Waals surface area contributed by atoms with Gasteiger partial charge in [0, 0.05) is 28.8 Å². The minimum Gasteiger partial charge on any atom is -0.353 e. The maximum absolute atomic E-state index is 12.0. The summed E-state index contributed by atoms with van der Waals surface area (Å²) >= 11 is 1.79. The van der Waals surface area contributed by atoms with E-state index in [1.165, 1.54) is 9.75 Å². The summed E-state index contributed by atoms with van der Waals surface area (Å²) in [5.41, 5.74) is 5.65. The zero-order chi connectivity index (χ0) is 13.7. The van der Waals surface area contributed by atoms with Crippen molar-refractivity contribution in [3.05, 3.63) is 21.9 Å². The predicted octanol–water partition coefficient (Wildman–Crippen LogP) is 2.33. The van der Waals surface area contributed by atoms with Gasteiger partial charge < -0.3 is 11.1 Å². The Hall–Kier alpha value is -0.870. The molecule has 0 radical (unpaired) electrons. The van der Waals surface area contributed by atoms with Gasteiger partial charge in [-0.2, -0.15) is 0 Å².